The van der Waals surface area contributed by atoms with E-state index in [1.165, 1.54) is 18.0 Å². The highest BCUT2D eigenvalue weighted by molar-refractivity contribution is 7.98. The Hall–Kier alpha value is -2.08. The number of benzene rings is 1. The lowest BCUT2D eigenvalue weighted by Gasteiger charge is -2.06. The summed E-state index contributed by atoms with van der Waals surface area (Å²) in [5.41, 5.74) is 6.46. The average Bonchev–Trinajstić information content (AvgIpc) is 2.37. The van der Waals surface area contributed by atoms with Gasteiger partial charge in [-0.15, -0.1) is 0 Å². The summed E-state index contributed by atoms with van der Waals surface area (Å²) in [5, 5.41) is 11.1. The van der Waals surface area contributed by atoms with E-state index in [0.29, 0.717) is 10.9 Å². The molecule has 0 saturated heterocycles. The Morgan fingerprint density at radius 2 is 2.06 bits per heavy atom. The molecule has 1 heterocycles. The molecule has 1 aromatic heterocycles. The number of aromatic carboxylic acids is 1. The molecule has 0 unspecified atom stereocenters. The van der Waals surface area contributed by atoms with Crippen LogP contribution in [0.15, 0.2) is 41.7 Å². The monoisotopic (exact) mass is 260 g/mol. The molecule has 0 spiro atoms. The number of nitrogens with two attached hydrogens (primary N) is 1. The molecule has 18 heavy (non-hydrogen) atoms. The van der Waals surface area contributed by atoms with Gasteiger partial charge in [-0.05, 0) is 5.56 Å². The van der Waals surface area contributed by atoms with Crippen molar-refractivity contribution < 1.29 is 9.90 Å². The number of rotatable bonds is 4. The number of hydrogen-bond donors (Lipinski definition) is 1. The molecule has 0 atom stereocenters. The van der Waals surface area contributed by atoms with Crippen molar-refractivity contribution in [2.45, 2.75) is 10.9 Å². The van der Waals surface area contributed by atoms with E-state index in [9.17, 15) is 9.90 Å². The van der Waals surface area contributed by atoms with Crippen molar-refractivity contribution in [3.8, 4) is 0 Å². The fourth-order valence-corrected chi connectivity index (χ4v) is 2.11. The van der Waals surface area contributed by atoms with E-state index in [1.54, 1.807) is 0 Å². The van der Waals surface area contributed by atoms with Crippen molar-refractivity contribution >= 4 is 23.5 Å². The maximum Gasteiger partial charge on any atom is 0.189 e. The fraction of sp³-hybridized carbons (Fsp3) is 0.0833. The minimum Gasteiger partial charge on any atom is -0.545 e. The van der Waals surface area contributed by atoms with E-state index in [0.717, 1.165) is 5.56 Å². The van der Waals surface area contributed by atoms with Gasteiger partial charge in [0.2, 0.25) is 0 Å². The van der Waals surface area contributed by atoms with Gasteiger partial charge in [0.15, 0.2) is 5.16 Å². The third-order valence-electron chi connectivity index (χ3n) is 2.23. The first-order valence-corrected chi connectivity index (χ1v) is 6.16. The van der Waals surface area contributed by atoms with Crippen molar-refractivity contribution in [3.05, 3.63) is 47.7 Å². The van der Waals surface area contributed by atoms with Crippen LogP contribution in [-0.4, -0.2) is 15.9 Å². The molecule has 2 N–H and O–H groups in total. The number of thioether (sulfide) groups is 1. The molecular formula is C12H10N3O2S-. The Balaban J connectivity index is 2.07. The Morgan fingerprint density at radius 3 is 2.67 bits per heavy atom. The first kappa shape index (κ1) is 12.4. The summed E-state index contributed by atoms with van der Waals surface area (Å²) in [6.45, 7) is 0. The number of carboxylic acids is 1. The number of carbonyl (C=O) groups is 1. The summed E-state index contributed by atoms with van der Waals surface area (Å²) in [7, 11) is 0. The summed E-state index contributed by atoms with van der Waals surface area (Å²) in [6.07, 6.45) is 1.17. The van der Waals surface area contributed by atoms with E-state index in [-0.39, 0.29) is 11.4 Å². The second-order valence-corrected chi connectivity index (χ2v) is 4.46. The molecule has 0 fully saturated rings. The standard InChI is InChI=1S/C12H11N3O2S/c13-10-9(11(16)17)6-14-12(15-10)18-7-8-4-2-1-3-5-8/h1-6H,7H2,(H,16,17)(H2,13,14,15)/p-1. The molecule has 1 aromatic carbocycles. The van der Waals surface area contributed by atoms with Gasteiger partial charge in [-0.2, -0.15) is 0 Å². The lowest BCUT2D eigenvalue weighted by atomic mass is 10.2. The summed E-state index contributed by atoms with van der Waals surface area (Å²) in [4.78, 5) is 18.5. The molecule has 0 bridgehead atoms. The van der Waals surface area contributed by atoms with Gasteiger partial charge in [0.1, 0.15) is 5.82 Å². The Kier molecular flexibility index (Phi) is 3.78. The van der Waals surface area contributed by atoms with Gasteiger partial charge < -0.3 is 15.6 Å². The van der Waals surface area contributed by atoms with Gasteiger partial charge in [0.25, 0.3) is 0 Å². The van der Waals surface area contributed by atoms with Crippen LogP contribution in [0.5, 0.6) is 0 Å². The summed E-state index contributed by atoms with van der Waals surface area (Å²) >= 11 is 1.39. The highest BCUT2D eigenvalue weighted by Gasteiger charge is 2.05. The molecule has 2 aromatic rings. The van der Waals surface area contributed by atoms with Crippen LogP contribution >= 0.6 is 11.8 Å². The number of carboxylic acid groups (broad SMARTS) is 1. The van der Waals surface area contributed by atoms with Crippen LogP contribution in [-0.2, 0) is 5.75 Å². The number of nitrogens with zero attached hydrogens (tertiary/aromatic N) is 2. The van der Waals surface area contributed by atoms with Crippen molar-refractivity contribution in [2.24, 2.45) is 0 Å². The molecule has 0 radical (unpaired) electrons. The number of carbonyl (C=O) groups excluding carboxylic acids is 1. The first-order chi connectivity index (χ1) is 8.66. The van der Waals surface area contributed by atoms with Crippen molar-refractivity contribution in [1.82, 2.24) is 9.97 Å². The van der Waals surface area contributed by atoms with Crippen molar-refractivity contribution in [1.29, 1.82) is 0 Å². The van der Waals surface area contributed by atoms with Crippen molar-refractivity contribution in [2.75, 3.05) is 5.73 Å². The van der Waals surface area contributed by atoms with Gasteiger partial charge in [-0.25, -0.2) is 9.97 Å². The third-order valence-corrected chi connectivity index (χ3v) is 3.16. The second kappa shape index (κ2) is 5.50. The predicted octanol–water partition coefficient (Wildman–Crippen LogP) is 0.715. The number of anilines is 1. The Morgan fingerprint density at radius 1 is 1.33 bits per heavy atom. The maximum atomic E-state index is 10.6. The van der Waals surface area contributed by atoms with Gasteiger partial charge in [0, 0.05) is 11.9 Å². The largest absolute Gasteiger partial charge is 0.545 e. The van der Waals surface area contributed by atoms with Crippen LogP contribution in [0.3, 0.4) is 0 Å². The van der Waals surface area contributed by atoms with Crippen LogP contribution in [0.2, 0.25) is 0 Å². The zero-order chi connectivity index (χ0) is 13.0. The molecule has 92 valence electrons. The summed E-state index contributed by atoms with van der Waals surface area (Å²) in [6, 6.07) is 9.82. The van der Waals surface area contributed by atoms with Crippen LogP contribution in [0.4, 0.5) is 5.82 Å². The second-order valence-electron chi connectivity index (χ2n) is 3.51. The zero-order valence-electron chi connectivity index (χ0n) is 9.37. The summed E-state index contributed by atoms with van der Waals surface area (Å²) < 4.78 is 0. The Bertz CT molecular complexity index is 561. The van der Waals surface area contributed by atoms with Gasteiger partial charge in [-0.1, -0.05) is 42.1 Å². The number of nitrogen functional groups attached to an aromatic ring is 1. The van der Waals surface area contributed by atoms with E-state index < -0.39 is 5.97 Å². The van der Waals surface area contributed by atoms with Crippen molar-refractivity contribution in [3.63, 3.8) is 0 Å². The zero-order valence-corrected chi connectivity index (χ0v) is 10.2. The summed E-state index contributed by atoms with van der Waals surface area (Å²) in [5.74, 6) is -0.738. The minimum absolute atomic E-state index is 0.0689. The minimum atomic E-state index is -1.37. The van der Waals surface area contributed by atoms with Crippen LogP contribution in [0.25, 0.3) is 0 Å². The predicted molar refractivity (Wildman–Crippen MR) is 66.8 cm³/mol. The van der Waals surface area contributed by atoms with Crippen LogP contribution in [0.1, 0.15) is 15.9 Å². The first-order valence-electron chi connectivity index (χ1n) is 5.17. The molecule has 0 aliphatic carbocycles. The topological polar surface area (TPSA) is 91.9 Å². The molecule has 0 amide bonds. The molecule has 5 nitrogen and oxygen atoms in total. The molecule has 0 aliphatic heterocycles. The van der Waals surface area contributed by atoms with E-state index >= 15 is 0 Å². The quantitative estimate of drug-likeness (QED) is 0.643. The Labute approximate surface area is 108 Å². The maximum absolute atomic E-state index is 10.6. The molecule has 0 saturated carbocycles. The van der Waals surface area contributed by atoms with Gasteiger partial charge in [-0.3, -0.25) is 0 Å². The molecule has 6 heteroatoms. The molecule has 2 rings (SSSR count). The molecule has 0 aliphatic rings. The van der Waals surface area contributed by atoms with E-state index in [1.807, 2.05) is 30.3 Å². The van der Waals surface area contributed by atoms with E-state index in [4.69, 9.17) is 5.73 Å². The fourth-order valence-electron chi connectivity index (χ4n) is 1.33. The highest BCUT2D eigenvalue weighted by atomic mass is 32.2. The van der Waals surface area contributed by atoms with Crippen LogP contribution < -0.4 is 10.8 Å². The number of aromatic nitrogens is 2. The van der Waals surface area contributed by atoms with E-state index in [2.05, 4.69) is 9.97 Å². The smallest absolute Gasteiger partial charge is 0.189 e. The third kappa shape index (κ3) is 2.98. The van der Waals surface area contributed by atoms with Gasteiger partial charge in [0.05, 0.1) is 11.5 Å². The lowest BCUT2D eigenvalue weighted by molar-refractivity contribution is -0.255. The lowest BCUT2D eigenvalue weighted by Crippen LogP contribution is -2.24. The SMILES string of the molecule is Nc1nc(SCc2ccccc2)ncc1C(=O)[O-]. The van der Waals surface area contributed by atoms with Gasteiger partial charge >= 0.3 is 0 Å². The average molecular weight is 260 g/mol. The number of hydrogen-bond acceptors (Lipinski definition) is 6. The normalized spacial score (nSPS) is 10.2. The highest BCUT2D eigenvalue weighted by Crippen LogP contribution is 2.20. The molecular weight excluding hydrogens is 250 g/mol. The van der Waals surface area contributed by atoms with Crippen LogP contribution in [0, 0.1) is 0 Å².